The molecule has 5 nitrogen and oxygen atoms in total. The highest BCUT2D eigenvalue weighted by molar-refractivity contribution is 6.07. The van der Waals surface area contributed by atoms with E-state index in [1.165, 1.54) is 25.7 Å². The smallest absolute Gasteiger partial charge is 0.165 e. The van der Waals surface area contributed by atoms with Crippen molar-refractivity contribution in [1.82, 2.24) is 9.97 Å². The van der Waals surface area contributed by atoms with Gasteiger partial charge < -0.3 is 15.8 Å². The standard InChI is InChI=1S/C22H29N3O2/c23-15-3-1-2-12(9-15)11-19(27)16-6-7-18(26)21-20(16)24-22(25-21)17-10-13-4-5-14(17)8-13/h6-7,12-15,17,26H,1-5,8-11,23H2,(H,24,25). The maximum atomic E-state index is 13.0. The molecule has 0 saturated heterocycles. The molecule has 3 aliphatic rings. The minimum atomic E-state index is 0.130. The number of hydrogen-bond acceptors (Lipinski definition) is 4. The highest BCUT2D eigenvalue weighted by atomic mass is 16.3. The Bertz CT molecular complexity index is 874. The van der Waals surface area contributed by atoms with E-state index in [-0.39, 0.29) is 17.6 Å². The first kappa shape index (κ1) is 17.2. The van der Waals surface area contributed by atoms with Crippen molar-refractivity contribution in [2.45, 2.75) is 69.7 Å². The van der Waals surface area contributed by atoms with Crippen molar-refractivity contribution in [1.29, 1.82) is 0 Å². The van der Waals surface area contributed by atoms with Gasteiger partial charge in [0.15, 0.2) is 5.78 Å². The molecule has 5 heteroatoms. The van der Waals surface area contributed by atoms with Gasteiger partial charge in [0.2, 0.25) is 0 Å². The van der Waals surface area contributed by atoms with Crippen molar-refractivity contribution in [3.05, 3.63) is 23.5 Å². The van der Waals surface area contributed by atoms with Crippen LogP contribution in [0.2, 0.25) is 0 Å². The zero-order chi connectivity index (χ0) is 18.5. The Morgan fingerprint density at radius 3 is 2.81 bits per heavy atom. The van der Waals surface area contributed by atoms with Gasteiger partial charge in [-0.05, 0) is 68.4 Å². The SMILES string of the molecule is NC1CCCC(CC(=O)c2ccc(O)c3[nH]c(C4CC5CCC4C5)nc23)C1. The van der Waals surface area contributed by atoms with Gasteiger partial charge in [-0.1, -0.05) is 12.8 Å². The van der Waals surface area contributed by atoms with E-state index in [0.717, 1.165) is 37.4 Å². The summed E-state index contributed by atoms with van der Waals surface area (Å²) in [6, 6.07) is 3.60. The highest BCUT2D eigenvalue weighted by Gasteiger charge is 2.41. The molecule has 5 unspecified atom stereocenters. The third-order valence-electron chi connectivity index (χ3n) is 7.33. The number of benzene rings is 1. The number of fused-ring (bicyclic) bond motifs is 3. The molecule has 4 N–H and O–H groups in total. The number of nitrogens with one attached hydrogen (secondary N) is 1. The molecule has 0 amide bonds. The maximum Gasteiger partial charge on any atom is 0.165 e. The maximum absolute atomic E-state index is 13.0. The van der Waals surface area contributed by atoms with Crippen molar-refractivity contribution < 1.29 is 9.90 Å². The number of ketones is 1. The van der Waals surface area contributed by atoms with E-state index in [1.807, 2.05) is 0 Å². The molecule has 1 aromatic heterocycles. The van der Waals surface area contributed by atoms with E-state index in [2.05, 4.69) is 4.98 Å². The molecule has 0 spiro atoms. The van der Waals surface area contributed by atoms with Crippen LogP contribution in [0.15, 0.2) is 12.1 Å². The van der Waals surface area contributed by atoms with Gasteiger partial charge in [0, 0.05) is 23.9 Å². The molecule has 3 saturated carbocycles. The summed E-state index contributed by atoms with van der Waals surface area (Å²) in [5.74, 6) is 3.64. The van der Waals surface area contributed by atoms with Crippen molar-refractivity contribution in [2.75, 3.05) is 0 Å². The predicted octanol–water partition coefficient (Wildman–Crippen LogP) is 4.26. The van der Waals surface area contributed by atoms with Crippen molar-refractivity contribution in [2.24, 2.45) is 23.5 Å². The van der Waals surface area contributed by atoms with Gasteiger partial charge in [0.25, 0.3) is 0 Å². The van der Waals surface area contributed by atoms with E-state index in [0.29, 0.717) is 40.8 Å². The Hall–Kier alpha value is -1.88. The van der Waals surface area contributed by atoms with Crippen LogP contribution in [-0.2, 0) is 0 Å². The molecule has 0 aliphatic heterocycles. The Morgan fingerprint density at radius 2 is 2.07 bits per heavy atom. The molecule has 1 heterocycles. The molecule has 2 aromatic rings. The van der Waals surface area contributed by atoms with Crippen molar-refractivity contribution in [3.63, 3.8) is 0 Å². The number of aromatic hydroxyl groups is 1. The number of hydrogen-bond donors (Lipinski definition) is 3. The van der Waals surface area contributed by atoms with E-state index < -0.39 is 0 Å². The van der Waals surface area contributed by atoms with Crippen LogP contribution in [0, 0.1) is 17.8 Å². The molecule has 5 atom stereocenters. The van der Waals surface area contributed by atoms with E-state index in [9.17, 15) is 9.90 Å². The van der Waals surface area contributed by atoms with Crippen LogP contribution >= 0.6 is 0 Å². The van der Waals surface area contributed by atoms with Crippen LogP contribution in [0.25, 0.3) is 11.0 Å². The highest BCUT2D eigenvalue weighted by Crippen LogP contribution is 2.52. The topological polar surface area (TPSA) is 92.0 Å². The number of nitrogens with two attached hydrogens (primary N) is 1. The van der Waals surface area contributed by atoms with Gasteiger partial charge in [-0.2, -0.15) is 0 Å². The largest absolute Gasteiger partial charge is 0.506 e. The van der Waals surface area contributed by atoms with Crippen molar-refractivity contribution in [3.8, 4) is 5.75 Å². The van der Waals surface area contributed by atoms with Crippen LogP contribution in [0.1, 0.15) is 79.9 Å². The summed E-state index contributed by atoms with van der Waals surface area (Å²) in [6.45, 7) is 0. The van der Waals surface area contributed by atoms with Gasteiger partial charge >= 0.3 is 0 Å². The molecule has 2 bridgehead atoms. The summed E-state index contributed by atoms with van der Waals surface area (Å²) in [5, 5.41) is 10.3. The fraction of sp³-hybridized carbons (Fsp3) is 0.636. The molecule has 1 aromatic carbocycles. The molecule has 5 rings (SSSR count). The minimum Gasteiger partial charge on any atom is -0.506 e. The molecule has 3 fully saturated rings. The lowest BCUT2D eigenvalue weighted by molar-refractivity contribution is 0.0949. The fourth-order valence-corrected chi connectivity index (χ4v) is 5.97. The van der Waals surface area contributed by atoms with Crippen LogP contribution < -0.4 is 5.73 Å². The molecule has 3 aliphatic carbocycles. The molecule has 0 radical (unpaired) electrons. The number of imidazole rings is 1. The molecule has 27 heavy (non-hydrogen) atoms. The lowest BCUT2D eigenvalue weighted by Gasteiger charge is -2.26. The van der Waals surface area contributed by atoms with Crippen molar-refractivity contribution >= 4 is 16.8 Å². The monoisotopic (exact) mass is 367 g/mol. The lowest BCUT2D eigenvalue weighted by atomic mass is 9.82. The molecule has 144 valence electrons. The summed E-state index contributed by atoms with van der Waals surface area (Å²) in [4.78, 5) is 21.2. The fourth-order valence-electron chi connectivity index (χ4n) is 5.97. The summed E-state index contributed by atoms with van der Waals surface area (Å²) in [7, 11) is 0. The summed E-state index contributed by atoms with van der Waals surface area (Å²) >= 11 is 0. The predicted molar refractivity (Wildman–Crippen MR) is 105 cm³/mol. The first-order chi connectivity index (χ1) is 13.1. The third kappa shape index (κ3) is 3.06. The summed E-state index contributed by atoms with van der Waals surface area (Å²) in [6.07, 6.45) is 9.86. The minimum absolute atomic E-state index is 0.130. The summed E-state index contributed by atoms with van der Waals surface area (Å²) in [5.41, 5.74) is 8.01. The number of aromatic amines is 1. The van der Waals surface area contributed by atoms with E-state index in [1.54, 1.807) is 12.1 Å². The number of aromatic nitrogens is 2. The normalized spacial score (nSPS) is 33.0. The first-order valence-electron chi connectivity index (χ1n) is 10.6. The van der Waals surface area contributed by atoms with Gasteiger partial charge in [-0.3, -0.25) is 4.79 Å². The molecular formula is C22H29N3O2. The van der Waals surface area contributed by atoms with Crippen LogP contribution in [0.5, 0.6) is 5.75 Å². The van der Waals surface area contributed by atoms with Crippen LogP contribution in [0.4, 0.5) is 0 Å². The van der Waals surface area contributed by atoms with Crippen LogP contribution in [-0.4, -0.2) is 26.9 Å². The van der Waals surface area contributed by atoms with E-state index in [4.69, 9.17) is 10.7 Å². The number of phenolic OH excluding ortho intramolecular Hbond substituents is 1. The average Bonchev–Trinajstić information content (AvgIpc) is 3.37. The van der Waals surface area contributed by atoms with Gasteiger partial charge in [-0.25, -0.2) is 4.98 Å². The van der Waals surface area contributed by atoms with Gasteiger partial charge in [0.05, 0.1) is 0 Å². The number of phenols is 1. The Balaban J connectivity index is 1.44. The second-order valence-electron chi connectivity index (χ2n) is 9.18. The number of carbonyl (C=O) groups is 1. The number of carbonyl (C=O) groups excluding carboxylic acids is 1. The number of Topliss-reactive ketones (excluding diaryl/α,β-unsaturated/α-hetero) is 1. The number of nitrogens with zero attached hydrogens (tertiary/aromatic N) is 1. The number of H-pyrrole nitrogens is 1. The second-order valence-corrected chi connectivity index (χ2v) is 9.18. The summed E-state index contributed by atoms with van der Waals surface area (Å²) < 4.78 is 0. The van der Waals surface area contributed by atoms with E-state index >= 15 is 0 Å². The zero-order valence-electron chi connectivity index (χ0n) is 15.8. The Labute approximate surface area is 159 Å². The average molecular weight is 367 g/mol. The molecular weight excluding hydrogens is 338 g/mol. The Kier molecular flexibility index (Phi) is 4.23. The Morgan fingerprint density at radius 1 is 1.19 bits per heavy atom. The zero-order valence-corrected chi connectivity index (χ0v) is 15.8. The second kappa shape index (κ2) is 6.62. The van der Waals surface area contributed by atoms with Gasteiger partial charge in [0.1, 0.15) is 22.6 Å². The van der Waals surface area contributed by atoms with Crippen LogP contribution in [0.3, 0.4) is 0 Å². The van der Waals surface area contributed by atoms with Gasteiger partial charge in [-0.15, -0.1) is 0 Å². The quantitative estimate of drug-likeness (QED) is 0.704. The third-order valence-corrected chi connectivity index (χ3v) is 7.33. The number of rotatable bonds is 4. The lowest BCUT2D eigenvalue weighted by Crippen LogP contribution is -2.28. The first-order valence-corrected chi connectivity index (χ1v) is 10.6.